The highest BCUT2D eigenvalue weighted by Crippen LogP contribution is 2.09. The molecule has 3 aliphatic heterocycles. The summed E-state index contributed by atoms with van der Waals surface area (Å²) in [5.41, 5.74) is 0. The lowest BCUT2D eigenvalue weighted by atomic mass is 10.4. The molecule has 0 aromatic carbocycles. The summed E-state index contributed by atoms with van der Waals surface area (Å²) < 4.78 is 26.5. The van der Waals surface area contributed by atoms with Crippen LogP contribution < -0.4 is 4.72 Å². The summed E-state index contributed by atoms with van der Waals surface area (Å²) in [6.07, 6.45) is 0. The van der Waals surface area contributed by atoms with Crippen LogP contribution in [-0.4, -0.2) is 50.5 Å². The topological polar surface area (TPSA) is 52.7 Å². The summed E-state index contributed by atoms with van der Waals surface area (Å²) >= 11 is 0. The molecule has 0 aromatic heterocycles. The Balaban J connectivity index is 2.29. The third-order valence-electron chi connectivity index (χ3n) is 2.14. The Morgan fingerprint density at radius 1 is 1.09 bits per heavy atom. The van der Waals surface area contributed by atoms with Crippen molar-refractivity contribution in [1.82, 2.24) is 13.9 Å². The first kappa shape index (κ1) is 7.48. The minimum Gasteiger partial charge on any atom is -0.287 e. The van der Waals surface area contributed by atoms with E-state index in [0.717, 1.165) is 13.1 Å². The minimum absolute atomic E-state index is 0.471. The number of nitrogens with zero attached hydrogens (tertiary/aromatic N) is 2. The number of hydrogen-bond acceptors (Lipinski definition) is 3. The van der Waals surface area contributed by atoms with E-state index in [9.17, 15) is 8.42 Å². The van der Waals surface area contributed by atoms with Gasteiger partial charge in [0.2, 0.25) is 0 Å². The summed E-state index contributed by atoms with van der Waals surface area (Å²) in [4.78, 5) is 2.10. The molecule has 6 heteroatoms. The fourth-order valence-electron chi connectivity index (χ4n) is 1.39. The summed E-state index contributed by atoms with van der Waals surface area (Å²) in [7, 11) is -3.13. The van der Waals surface area contributed by atoms with Crippen molar-refractivity contribution in [2.45, 2.75) is 0 Å². The van der Waals surface area contributed by atoms with Crippen LogP contribution in [0.15, 0.2) is 0 Å². The van der Waals surface area contributed by atoms with Crippen LogP contribution >= 0.6 is 0 Å². The third-order valence-corrected chi connectivity index (χ3v) is 3.68. The SMILES string of the molecule is O=S1(=O)NCN2CCN1CC2. The van der Waals surface area contributed by atoms with Gasteiger partial charge < -0.3 is 0 Å². The van der Waals surface area contributed by atoms with Crippen molar-refractivity contribution in [3.8, 4) is 0 Å². The predicted octanol–water partition coefficient (Wildman–Crippen LogP) is -1.59. The van der Waals surface area contributed by atoms with Crippen LogP contribution in [0.2, 0.25) is 0 Å². The highest BCUT2D eigenvalue weighted by molar-refractivity contribution is 7.87. The molecular formula is C5H11N3O2S. The molecule has 0 unspecified atom stereocenters. The van der Waals surface area contributed by atoms with Crippen LogP contribution in [0.5, 0.6) is 0 Å². The quantitative estimate of drug-likeness (QED) is 0.485. The first-order valence-electron chi connectivity index (χ1n) is 3.65. The van der Waals surface area contributed by atoms with Crippen LogP contribution in [-0.2, 0) is 10.2 Å². The lowest BCUT2D eigenvalue weighted by molar-refractivity contribution is 0.209. The first-order valence-corrected chi connectivity index (χ1v) is 5.09. The lowest BCUT2D eigenvalue weighted by Crippen LogP contribution is -2.43. The Hall–Kier alpha value is -0.170. The molecule has 3 heterocycles. The van der Waals surface area contributed by atoms with Crippen molar-refractivity contribution in [2.75, 3.05) is 32.8 Å². The van der Waals surface area contributed by atoms with E-state index in [0.29, 0.717) is 19.8 Å². The van der Waals surface area contributed by atoms with Crippen LogP contribution in [0.4, 0.5) is 0 Å². The first-order chi connectivity index (χ1) is 5.18. The van der Waals surface area contributed by atoms with Crippen LogP contribution in [0.1, 0.15) is 0 Å². The number of nitrogens with one attached hydrogen (secondary N) is 1. The second kappa shape index (κ2) is 2.41. The Labute approximate surface area is 66.2 Å². The van der Waals surface area contributed by atoms with Gasteiger partial charge in [0, 0.05) is 26.2 Å². The second-order valence-corrected chi connectivity index (χ2v) is 4.58. The zero-order valence-corrected chi connectivity index (χ0v) is 6.97. The molecule has 0 aromatic rings. The third kappa shape index (κ3) is 1.26. The lowest BCUT2D eigenvalue weighted by Gasteiger charge is -2.26. The smallest absolute Gasteiger partial charge is 0.280 e. The van der Waals surface area contributed by atoms with Crippen molar-refractivity contribution >= 4 is 10.2 Å². The largest absolute Gasteiger partial charge is 0.287 e. The minimum atomic E-state index is -3.13. The maximum absolute atomic E-state index is 11.2. The molecule has 3 rings (SSSR count). The predicted molar refractivity (Wildman–Crippen MR) is 40.1 cm³/mol. The van der Waals surface area contributed by atoms with Gasteiger partial charge in [0.05, 0.1) is 6.67 Å². The molecular weight excluding hydrogens is 166 g/mol. The molecule has 0 spiro atoms. The van der Waals surface area contributed by atoms with E-state index in [1.807, 2.05) is 0 Å². The second-order valence-electron chi connectivity index (χ2n) is 2.82. The van der Waals surface area contributed by atoms with E-state index >= 15 is 0 Å². The van der Waals surface area contributed by atoms with Gasteiger partial charge in [-0.1, -0.05) is 0 Å². The molecule has 0 amide bonds. The van der Waals surface area contributed by atoms with Gasteiger partial charge in [0.25, 0.3) is 10.2 Å². The van der Waals surface area contributed by atoms with Crippen LogP contribution in [0, 0.1) is 0 Å². The zero-order chi connectivity index (χ0) is 7.90. The van der Waals surface area contributed by atoms with E-state index in [4.69, 9.17) is 0 Å². The highest BCUT2D eigenvalue weighted by atomic mass is 32.2. The van der Waals surface area contributed by atoms with Crippen molar-refractivity contribution in [2.24, 2.45) is 0 Å². The molecule has 3 aliphatic rings. The van der Waals surface area contributed by atoms with Gasteiger partial charge in [0.15, 0.2) is 0 Å². The van der Waals surface area contributed by atoms with E-state index in [1.54, 1.807) is 0 Å². The summed E-state index contributed by atoms with van der Waals surface area (Å²) in [6.45, 7) is 3.45. The summed E-state index contributed by atoms with van der Waals surface area (Å²) in [5.74, 6) is 0. The van der Waals surface area contributed by atoms with Gasteiger partial charge in [0.1, 0.15) is 0 Å². The highest BCUT2D eigenvalue weighted by Gasteiger charge is 2.30. The Morgan fingerprint density at radius 3 is 2.36 bits per heavy atom. The molecule has 0 radical (unpaired) electrons. The van der Waals surface area contributed by atoms with E-state index < -0.39 is 10.2 Å². The maximum Gasteiger partial charge on any atom is 0.280 e. The van der Waals surface area contributed by atoms with Gasteiger partial charge in [-0.15, -0.1) is 0 Å². The molecule has 0 saturated carbocycles. The van der Waals surface area contributed by atoms with E-state index in [-0.39, 0.29) is 0 Å². The van der Waals surface area contributed by atoms with Gasteiger partial charge in [-0.3, -0.25) is 4.90 Å². The van der Waals surface area contributed by atoms with E-state index in [2.05, 4.69) is 9.62 Å². The van der Waals surface area contributed by atoms with Crippen molar-refractivity contribution < 1.29 is 8.42 Å². The van der Waals surface area contributed by atoms with Gasteiger partial charge in [-0.05, 0) is 0 Å². The Morgan fingerprint density at radius 2 is 1.73 bits per heavy atom. The van der Waals surface area contributed by atoms with Crippen molar-refractivity contribution in [3.63, 3.8) is 0 Å². The molecule has 0 aliphatic carbocycles. The molecule has 11 heavy (non-hydrogen) atoms. The molecule has 1 N–H and O–H groups in total. The summed E-state index contributed by atoms with van der Waals surface area (Å²) in [5, 5.41) is 0. The molecule has 3 fully saturated rings. The standard InChI is InChI=1S/C5H11N3O2S/c9-11(10)6-5-7-1-3-8(11)4-2-7/h6H,1-5H2. The maximum atomic E-state index is 11.2. The molecule has 3 saturated heterocycles. The van der Waals surface area contributed by atoms with Crippen molar-refractivity contribution in [1.29, 1.82) is 0 Å². The number of fused-ring (bicyclic) bond motifs is 4. The molecule has 64 valence electrons. The molecule has 0 atom stereocenters. The van der Waals surface area contributed by atoms with Gasteiger partial charge >= 0.3 is 0 Å². The number of piperazine rings is 1. The fourth-order valence-corrected chi connectivity index (χ4v) is 2.56. The Kier molecular flexibility index (Phi) is 1.64. The molecule has 2 bridgehead atoms. The summed E-state index contributed by atoms with van der Waals surface area (Å²) in [6, 6.07) is 0. The Bertz CT molecular complexity index is 242. The normalized spacial score (nSPS) is 41.8. The van der Waals surface area contributed by atoms with Gasteiger partial charge in [-0.2, -0.15) is 17.4 Å². The van der Waals surface area contributed by atoms with Crippen molar-refractivity contribution in [3.05, 3.63) is 0 Å². The number of hydrogen-bond donors (Lipinski definition) is 1. The average Bonchev–Trinajstić information content (AvgIpc) is 2.21. The fraction of sp³-hybridized carbons (Fsp3) is 1.00. The average molecular weight is 177 g/mol. The number of rotatable bonds is 0. The zero-order valence-electron chi connectivity index (χ0n) is 6.15. The van der Waals surface area contributed by atoms with Crippen LogP contribution in [0.3, 0.4) is 0 Å². The van der Waals surface area contributed by atoms with Crippen LogP contribution in [0.25, 0.3) is 0 Å². The van der Waals surface area contributed by atoms with E-state index in [1.165, 1.54) is 4.31 Å². The van der Waals surface area contributed by atoms with Gasteiger partial charge in [-0.25, -0.2) is 0 Å². The monoisotopic (exact) mass is 177 g/mol. The molecule has 5 nitrogen and oxygen atoms in total.